The molecular formula is C30H38BrN3O6. The second-order valence-electron chi connectivity index (χ2n) is 11.2. The van der Waals surface area contributed by atoms with Crippen molar-refractivity contribution in [1.29, 1.82) is 0 Å². The van der Waals surface area contributed by atoms with Crippen LogP contribution in [0, 0.1) is 5.92 Å². The van der Waals surface area contributed by atoms with Crippen LogP contribution in [0.1, 0.15) is 70.1 Å². The number of hydrogen-bond donors (Lipinski definition) is 3. The molecule has 216 valence electrons. The zero-order valence-corrected chi connectivity index (χ0v) is 24.8. The quantitative estimate of drug-likeness (QED) is 0.171. The molecule has 0 bridgehead atoms. The SMILES string of the molecule is CC(C)(C)OC(=O)CC[C@]1(C(=O)NNCC2CC2)N=C(c2ccc(OCCCO)cc2)O[C@H]1c1ccccc1Br. The van der Waals surface area contributed by atoms with Crippen LogP contribution < -0.4 is 15.6 Å². The molecule has 9 nitrogen and oxygen atoms in total. The molecule has 40 heavy (non-hydrogen) atoms. The number of hydrogen-bond acceptors (Lipinski definition) is 8. The van der Waals surface area contributed by atoms with Gasteiger partial charge in [0.25, 0.3) is 5.91 Å². The van der Waals surface area contributed by atoms with Crippen molar-refractivity contribution in [3.8, 4) is 5.75 Å². The van der Waals surface area contributed by atoms with E-state index in [1.807, 2.05) is 57.2 Å². The summed E-state index contributed by atoms with van der Waals surface area (Å²) < 4.78 is 18.4. The number of aliphatic hydroxyl groups excluding tert-OH is 1. The van der Waals surface area contributed by atoms with E-state index in [9.17, 15) is 9.59 Å². The zero-order chi connectivity index (χ0) is 28.8. The molecule has 3 N–H and O–H groups in total. The van der Waals surface area contributed by atoms with Crippen LogP contribution >= 0.6 is 15.9 Å². The third-order valence-corrected chi connectivity index (χ3v) is 7.36. The van der Waals surface area contributed by atoms with Gasteiger partial charge in [-0.2, -0.15) is 0 Å². The topological polar surface area (TPSA) is 118 Å². The average Bonchev–Trinajstić information content (AvgIpc) is 3.65. The second-order valence-corrected chi connectivity index (χ2v) is 12.0. The second kappa shape index (κ2) is 13.1. The predicted molar refractivity (Wildman–Crippen MR) is 155 cm³/mol. The summed E-state index contributed by atoms with van der Waals surface area (Å²) in [5, 5.41) is 9.00. The number of nitrogens with one attached hydrogen (secondary N) is 2. The predicted octanol–water partition coefficient (Wildman–Crippen LogP) is 4.62. The first kappa shape index (κ1) is 30.0. The van der Waals surface area contributed by atoms with Crippen molar-refractivity contribution in [1.82, 2.24) is 10.9 Å². The Kier molecular flexibility index (Phi) is 9.86. The number of amides is 1. The van der Waals surface area contributed by atoms with Gasteiger partial charge in [-0.15, -0.1) is 0 Å². The van der Waals surface area contributed by atoms with Gasteiger partial charge < -0.3 is 19.3 Å². The fourth-order valence-corrected chi connectivity index (χ4v) is 4.92. The van der Waals surface area contributed by atoms with Crippen molar-refractivity contribution in [2.45, 2.75) is 70.1 Å². The maximum atomic E-state index is 14.0. The van der Waals surface area contributed by atoms with Gasteiger partial charge >= 0.3 is 5.97 Å². The number of benzene rings is 2. The highest BCUT2D eigenvalue weighted by Crippen LogP contribution is 2.45. The molecule has 2 aromatic carbocycles. The molecule has 0 unspecified atom stereocenters. The Labute approximate surface area is 243 Å². The molecule has 0 spiro atoms. The van der Waals surface area contributed by atoms with Crippen molar-refractivity contribution < 1.29 is 28.9 Å². The Hall–Kier alpha value is -2.95. The lowest BCUT2D eigenvalue weighted by molar-refractivity contribution is -0.155. The van der Waals surface area contributed by atoms with E-state index in [1.165, 1.54) is 0 Å². The van der Waals surface area contributed by atoms with Crippen LogP contribution in [0.3, 0.4) is 0 Å². The highest BCUT2D eigenvalue weighted by Gasteiger charge is 2.54. The maximum absolute atomic E-state index is 14.0. The summed E-state index contributed by atoms with van der Waals surface area (Å²) in [6.07, 6.45) is 2.07. The molecule has 2 atom stereocenters. The third kappa shape index (κ3) is 7.83. The van der Waals surface area contributed by atoms with Gasteiger partial charge in [-0.3, -0.25) is 15.0 Å². The minimum Gasteiger partial charge on any atom is -0.494 e. The van der Waals surface area contributed by atoms with Crippen molar-refractivity contribution in [2.75, 3.05) is 19.8 Å². The number of halogens is 1. The number of nitrogens with zero attached hydrogens (tertiary/aromatic N) is 1. The molecular weight excluding hydrogens is 578 g/mol. The molecule has 1 aliphatic carbocycles. The lowest BCUT2D eigenvalue weighted by atomic mass is 9.83. The zero-order valence-electron chi connectivity index (χ0n) is 23.2. The van der Waals surface area contributed by atoms with Crippen LogP contribution in [-0.4, -0.2) is 53.8 Å². The first-order valence-corrected chi connectivity index (χ1v) is 14.5. The van der Waals surface area contributed by atoms with Gasteiger partial charge in [0.1, 0.15) is 11.4 Å². The first-order valence-electron chi connectivity index (χ1n) is 13.7. The largest absolute Gasteiger partial charge is 0.494 e. The third-order valence-electron chi connectivity index (χ3n) is 6.64. The van der Waals surface area contributed by atoms with Crippen LogP contribution in [-0.2, 0) is 19.1 Å². The molecule has 1 fully saturated rings. The van der Waals surface area contributed by atoms with E-state index in [-0.39, 0.29) is 25.4 Å². The molecule has 0 radical (unpaired) electrons. The summed E-state index contributed by atoms with van der Waals surface area (Å²) in [7, 11) is 0. The Balaban J connectivity index is 1.68. The van der Waals surface area contributed by atoms with Gasteiger partial charge in [0.15, 0.2) is 11.6 Å². The van der Waals surface area contributed by atoms with E-state index < -0.39 is 23.2 Å². The summed E-state index contributed by atoms with van der Waals surface area (Å²) in [5.41, 5.74) is 5.24. The van der Waals surface area contributed by atoms with Gasteiger partial charge in [-0.25, -0.2) is 10.4 Å². The number of rotatable bonds is 13. The highest BCUT2D eigenvalue weighted by molar-refractivity contribution is 9.10. The number of carbonyl (C=O) groups is 2. The summed E-state index contributed by atoms with van der Waals surface area (Å²) >= 11 is 3.62. The van der Waals surface area contributed by atoms with E-state index in [4.69, 9.17) is 24.3 Å². The van der Waals surface area contributed by atoms with Gasteiger partial charge in [0, 0.05) is 41.6 Å². The van der Waals surface area contributed by atoms with Crippen LogP contribution in [0.15, 0.2) is 58.0 Å². The molecule has 1 aliphatic heterocycles. The fraction of sp³-hybridized carbons (Fsp3) is 0.500. The Bertz CT molecular complexity index is 1210. The summed E-state index contributed by atoms with van der Waals surface area (Å²) in [4.78, 5) is 31.7. The van der Waals surface area contributed by atoms with E-state index in [1.54, 1.807) is 12.1 Å². The lowest BCUT2D eigenvalue weighted by Crippen LogP contribution is -2.53. The Morgan fingerprint density at radius 3 is 2.52 bits per heavy atom. The van der Waals surface area contributed by atoms with Gasteiger partial charge in [0.05, 0.1) is 6.61 Å². The highest BCUT2D eigenvalue weighted by atomic mass is 79.9. The van der Waals surface area contributed by atoms with Crippen molar-refractivity contribution >= 4 is 33.7 Å². The van der Waals surface area contributed by atoms with Crippen molar-refractivity contribution in [3.05, 3.63) is 64.1 Å². The average molecular weight is 617 g/mol. The van der Waals surface area contributed by atoms with Crippen LogP contribution in [0.25, 0.3) is 0 Å². The maximum Gasteiger partial charge on any atom is 0.306 e. The smallest absolute Gasteiger partial charge is 0.306 e. The molecule has 4 rings (SSSR count). The monoisotopic (exact) mass is 615 g/mol. The summed E-state index contributed by atoms with van der Waals surface area (Å²) in [5.74, 6) is 0.704. The number of aliphatic imine (C=N–C) groups is 1. The minimum absolute atomic E-state index is 0.0218. The van der Waals surface area contributed by atoms with Gasteiger partial charge in [-0.1, -0.05) is 34.1 Å². The number of hydrazine groups is 1. The van der Waals surface area contributed by atoms with E-state index >= 15 is 0 Å². The first-order chi connectivity index (χ1) is 19.1. The Morgan fingerprint density at radius 1 is 1.15 bits per heavy atom. The molecule has 1 heterocycles. The van der Waals surface area contributed by atoms with Crippen molar-refractivity contribution in [3.63, 3.8) is 0 Å². The normalized spacial score (nSPS) is 20.4. The number of carbonyl (C=O) groups excluding carboxylic acids is 2. The van der Waals surface area contributed by atoms with E-state index in [0.717, 1.165) is 22.9 Å². The summed E-state index contributed by atoms with van der Waals surface area (Å²) in [6, 6.07) is 14.8. The fourth-order valence-electron chi connectivity index (χ4n) is 4.43. The van der Waals surface area contributed by atoms with Gasteiger partial charge in [-0.05, 0) is 76.3 Å². The van der Waals surface area contributed by atoms with Crippen LogP contribution in [0.2, 0.25) is 0 Å². The summed E-state index contributed by atoms with van der Waals surface area (Å²) in [6.45, 7) is 6.56. The molecule has 2 aromatic rings. The van der Waals surface area contributed by atoms with Crippen LogP contribution in [0.4, 0.5) is 0 Å². The van der Waals surface area contributed by atoms with Gasteiger partial charge in [0.2, 0.25) is 5.90 Å². The van der Waals surface area contributed by atoms with Crippen LogP contribution in [0.5, 0.6) is 5.75 Å². The molecule has 10 heteroatoms. The molecule has 1 amide bonds. The van der Waals surface area contributed by atoms with Crippen molar-refractivity contribution in [2.24, 2.45) is 10.9 Å². The van der Waals surface area contributed by atoms with E-state index in [0.29, 0.717) is 42.7 Å². The number of aliphatic hydroxyl groups is 1. The van der Waals surface area contributed by atoms with E-state index in [2.05, 4.69) is 26.8 Å². The number of esters is 1. The Morgan fingerprint density at radius 2 is 1.88 bits per heavy atom. The molecule has 0 saturated heterocycles. The molecule has 2 aliphatic rings. The minimum atomic E-state index is -1.44. The standard InChI is InChI=1S/C30H38BrN3O6/c1-29(2,3)40-25(36)15-16-30(28(37)34-32-19-20-9-10-20)26(23-7-4-5-8-24(23)31)39-27(33-30)21-11-13-22(14-12-21)38-18-6-17-35/h4-5,7-8,11-14,20,26,32,35H,6,9-10,15-19H2,1-3H3,(H,34,37)/t26-,30-/m0/s1. The number of ether oxygens (including phenoxy) is 3. The molecule has 0 aromatic heterocycles. The molecule has 1 saturated carbocycles. The lowest BCUT2D eigenvalue weighted by Gasteiger charge is -2.31.